The van der Waals surface area contributed by atoms with Gasteiger partial charge in [0, 0.05) is 63.3 Å². The normalized spacial score (nSPS) is 16.8. The molecule has 39 heavy (non-hydrogen) atoms. The summed E-state index contributed by atoms with van der Waals surface area (Å²) in [7, 11) is 1.56. The van der Waals surface area contributed by atoms with E-state index < -0.39 is 5.82 Å². The lowest BCUT2D eigenvalue weighted by Gasteiger charge is -2.37. The highest BCUT2D eigenvalue weighted by molar-refractivity contribution is 6.31. The Morgan fingerprint density at radius 2 is 1.74 bits per heavy atom. The quantitative estimate of drug-likeness (QED) is 0.466. The van der Waals surface area contributed by atoms with Crippen molar-refractivity contribution in [3.63, 3.8) is 0 Å². The maximum absolute atomic E-state index is 14.5. The van der Waals surface area contributed by atoms with Gasteiger partial charge in [-0.1, -0.05) is 17.7 Å². The van der Waals surface area contributed by atoms with Crippen LogP contribution in [0.25, 0.3) is 10.9 Å². The summed E-state index contributed by atoms with van der Waals surface area (Å²) in [5, 5.41) is 3.64. The predicted molar refractivity (Wildman–Crippen MR) is 146 cm³/mol. The van der Waals surface area contributed by atoms with Gasteiger partial charge in [-0.2, -0.15) is 0 Å². The molecule has 3 heterocycles. The Bertz CT molecular complexity index is 1370. The molecule has 2 saturated heterocycles. The number of ether oxygens (including phenoxy) is 2. The molecule has 0 aliphatic carbocycles. The molecule has 0 atom stereocenters. The standard InChI is InChI=1S/C28H31ClFN5O4/c1-17(36)34-10-6-18(7-11-34)28(37)35-12-8-19(9-13-35)39-25-15-23-20(14-24(25)38-2)27(32-16-31-23)33-22-5-3-4-21(29)26(22)30/h3-5,14-16,18-19H,6-13H2,1-2H3,(H,31,32,33). The molecule has 0 spiro atoms. The molecule has 11 heteroatoms. The molecule has 0 radical (unpaired) electrons. The lowest BCUT2D eigenvalue weighted by Crippen LogP contribution is -2.47. The van der Waals surface area contributed by atoms with Crippen LogP contribution >= 0.6 is 11.6 Å². The topological polar surface area (TPSA) is 96.9 Å². The van der Waals surface area contributed by atoms with E-state index in [0.29, 0.717) is 80.1 Å². The van der Waals surface area contributed by atoms with E-state index in [1.807, 2.05) is 4.90 Å². The van der Waals surface area contributed by atoms with E-state index in [-0.39, 0.29) is 34.5 Å². The SMILES string of the molecule is COc1cc2c(Nc3cccc(Cl)c3F)ncnc2cc1OC1CCN(C(=O)C2CCN(C(C)=O)CC2)CC1. The Balaban J connectivity index is 1.25. The highest BCUT2D eigenvalue weighted by atomic mass is 35.5. The van der Waals surface area contributed by atoms with E-state index in [1.165, 1.54) is 12.4 Å². The minimum Gasteiger partial charge on any atom is -0.493 e. The third-order valence-corrected chi connectivity index (χ3v) is 7.75. The minimum absolute atomic E-state index is 0.0118. The Hall–Kier alpha value is -3.66. The molecule has 2 aliphatic heterocycles. The van der Waals surface area contributed by atoms with Gasteiger partial charge in [0.15, 0.2) is 17.3 Å². The molecule has 2 aromatic carbocycles. The number of piperidine rings is 2. The fraction of sp³-hybridized carbons (Fsp3) is 0.429. The van der Waals surface area contributed by atoms with Gasteiger partial charge < -0.3 is 24.6 Å². The molecule has 206 valence electrons. The second kappa shape index (κ2) is 11.6. The molecular weight excluding hydrogens is 525 g/mol. The molecule has 2 fully saturated rings. The summed E-state index contributed by atoms with van der Waals surface area (Å²) in [5.41, 5.74) is 0.808. The first-order chi connectivity index (χ1) is 18.8. The molecule has 3 aromatic rings. The van der Waals surface area contributed by atoms with Crippen LogP contribution in [0.15, 0.2) is 36.7 Å². The van der Waals surface area contributed by atoms with Crippen LogP contribution in [-0.4, -0.2) is 71.0 Å². The number of carbonyl (C=O) groups excluding carboxylic acids is 2. The Labute approximate surface area is 231 Å². The molecule has 2 amide bonds. The number of halogens is 2. The number of anilines is 2. The maximum atomic E-state index is 14.5. The zero-order chi connectivity index (χ0) is 27.5. The largest absolute Gasteiger partial charge is 0.493 e. The number of nitrogens with zero attached hydrogens (tertiary/aromatic N) is 4. The first-order valence-corrected chi connectivity index (χ1v) is 13.5. The van der Waals surface area contributed by atoms with Crippen LogP contribution in [0, 0.1) is 11.7 Å². The van der Waals surface area contributed by atoms with Crippen LogP contribution < -0.4 is 14.8 Å². The lowest BCUT2D eigenvalue weighted by molar-refractivity contribution is -0.141. The number of hydrogen-bond donors (Lipinski definition) is 1. The number of fused-ring (bicyclic) bond motifs is 1. The molecule has 0 saturated carbocycles. The molecule has 0 unspecified atom stereocenters. The smallest absolute Gasteiger partial charge is 0.225 e. The van der Waals surface area contributed by atoms with Crippen molar-refractivity contribution >= 4 is 45.8 Å². The zero-order valence-corrected chi connectivity index (χ0v) is 22.7. The molecule has 2 aliphatic rings. The summed E-state index contributed by atoms with van der Waals surface area (Å²) in [4.78, 5) is 37.0. The van der Waals surface area contributed by atoms with Crippen LogP contribution in [0.3, 0.4) is 0 Å². The number of nitrogens with one attached hydrogen (secondary N) is 1. The van der Waals surface area contributed by atoms with Crippen LogP contribution in [0.2, 0.25) is 5.02 Å². The van der Waals surface area contributed by atoms with Crippen molar-refractivity contribution in [3.8, 4) is 11.5 Å². The summed E-state index contributed by atoms with van der Waals surface area (Å²) >= 11 is 5.92. The van der Waals surface area contributed by atoms with Gasteiger partial charge in [0.05, 0.1) is 23.3 Å². The van der Waals surface area contributed by atoms with Crippen molar-refractivity contribution in [2.45, 2.75) is 38.7 Å². The summed E-state index contributed by atoms with van der Waals surface area (Å²) in [6.07, 6.45) is 4.14. The van der Waals surface area contributed by atoms with E-state index in [9.17, 15) is 14.0 Å². The number of aromatic nitrogens is 2. The van der Waals surface area contributed by atoms with Crippen LogP contribution in [0.4, 0.5) is 15.9 Å². The number of carbonyl (C=O) groups is 2. The fourth-order valence-corrected chi connectivity index (χ4v) is 5.39. The number of amides is 2. The number of rotatable bonds is 6. The average Bonchev–Trinajstić information content (AvgIpc) is 2.95. The van der Waals surface area contributed by atoms with Gasteiger partial charge in [0.2, 0.25) is 11.8 Å². The zero-order valence-electron chi connectivity index (χ0n) is 22.0. The van der Waals surface area contributed by atoms with E-state index in [0.717, 1.165) is 0 Å². The third-order valence-electron chi connectivity index (χ3n) is 7.46. The van der Waals surface area contributed by atoms with Gasteiger partial charge in [0.25, 0.3) is 0 Å². The van der Waals surface area contributed by atoms with Crippen LogP contribution in [0.5, 0.6) is 11.5 Å². The van der Waals surface area contributed by atoms with Gasteiger partial charge in [-0.15, -0.1) is 0 Å². The Kier molecular flexibility index (Phi) is 8.02. The monoisotopic (exact) mass is 555 g/mol. The van der Waals surface area contributed by atoms with Crippen molar-refractivity contribution < 1.29 is 23.5 Å². The van der Waals surface area contributed by atoms with Crippen molar-refractivity contribution in [1.29, 1.82) is 0 Å². The molecule has 1 aromatic heterocycles. The van der Waals surface area contributed by atoms with Crippen molar-refractivity contribution in [3.05, 3.63) is 47.5 Å². The van der Waals surface area contributed by atoms with Gasteiger partial charge in [-0.3, -0.25) is 9.59 Å². The Morgan fingerprint density at radius 3 is 2.44 bits per heavy atom. The molecule has 0 bridgehead atoms. The van der Waals surface area contributed by atoms with Crippen LogP contribution in [-0.2, 0) is 9.59 Å². The van der Waals surface area contributed by atoms with Crippen molar-refractivity contribution in [2.75, 3.05) is 38.6 Å². The summed E-state index contributed by atoms with van der Waals surface area (Å²) < 4.78 is 26.4. The molecule has 5 rings (SSSR count). The van der Waals surface area contributed by atoms with E-state index in [1.54, 1.807) is 43.2 Å². The van der Waals surface area contributed by atoms with Crippen molar-refractivity contribution in [1.82, 2.24) is 19.8 Å². The van der Waals surface area contributed by atoms with Gasteiger partial charge in [0.1, 0.15) is 18.2 Å². The van der Waals surface area contributed by atoms with E-state index >= 15 is 0 Å². The highest BCUT2D eigenvalue weighted by Gasteiger charge is 2.32. The second-order valence-electron chi connectivity index (χ2n) is 9.89. The highest BCUT2D eigenvalue weighted by Crippen LogP contribution is 2.37. The van der Waals surface area contributed by atoms with Gasteiger partial charge >= 0.3 is 0 Å². The third kappa shape index (κ3) is 5.85. The second-order valence-corrected chi connectivity index (χ2v) is 10.3. The molecule has 9 nitrogen and oxygen atoms in total. The van der Waals surface area contributed by atoms with Gasteiger partial charge in [-0.25, -0.2) is 14.4 Å². The average molecular weight is 556 g/mol. The summed E-state index contributed by atoms with van der Waals surface area (Å²) in [6, 6.07) is 8.26. The van der Waals surface area contributed by atoms with E-state index in [2.05, 4.69) is 15.3 Å². The first kappa shape index (κ1) is 26.9. The number of likely N-dealkylation sites (tertiary alicyclic amines) is 2. The maximum Gasteiger partial charge on any atom is 0.225 e. The van der Waals surface area contributed by atoms with Gasteiger partial charge in [-0.05, 0) is 31.0 Å². The minimum atomic E-state index is -0.566. The summed E-state index contributed by atoms with van der Waals surface area (Å²) in [6.45, 7) is 4.09. The van der Waals surface area contributed by atoms with E-state index in [4.69, 9.17) is 21.1 Å². The van der Waals surface area contributed by atoms with Crippen molar-refractivity contribution in [2.24, 2.45) is 5.92 Å². The number of hydrogen-bond acceptors (Lipinski definition) is 7. The Morgan fingerprint density at radius 1 is 1.03 bits per heavy atom. The van der Waals surface area contributed by atoms with Crippen LogP contribution in [0.1, 0.15) is 32.6 Å². The number of benzene rings is 2. The first-order valence-electron chi connectivity index (χ1n) is 13.1. The summed E-state index contributed by atoms with van der Waals surface area (Å²) in [5.74, 6) is 1.11. The fourth-order valence-electron chi connectivity index (χ4n) is 5.22. The molecular formula is C28H31ClFN5O4. The molecule has 1 N–H and O–H groups in total. The predicted octanol–water partition coefficient (Wildman–Crippen LogP) is 4.80. The number of methoxy groups -OCH3 is 1. The lowest BCUT2D eigenvalue weighted by atomic mass is 9.94.